The number of aryl methyl sites for hydroxylation is 1. The summed E-state index contributed by atoms with van der Waals surface area (Å²) in [5.74, 6) is 1.91. The van der Waals surface area contributed by atoms with Crippen molar-refractivity contribution < 1.29 is 0 Å². The van der Waals surface area contributed by atoms with Crippen LogP contribution in [0.2, 0.25) is 0 Å². The number of hydrogen-bond donors (Lipinski definition) is 0. The van der Waals surface area contributed by atoms with E-state index in [0.717, 1.165) is 63.1 Å². The van der Waals surface area contributed by atoms with Gasteiger partial charge in [-0.05, 0) is 31.5 Å². The lowest BCUT2D eigenvalue weighted by Gasteiger charge is -2.34. The highest BCUT2D eigenvalue weighted by atomic mass is 15.3. The Bertz CT molecular complexity index is 721. The molecule has 1 fully saturated rings. The summed E-state index contributed by atoms with van der Waals surface area (Å²) in [5.41, 5.74) is 3.74. The minimum Gasteiger partial charge on any atom is -0.338 e. The molecule has 2 aliphatic rings. The standard InChI is InChI=1S/C19H25N5/c1-3-22-10-12-23(13-11-22)19-20-15(2)14-18(21-19)24-9-8-16-6-4-5-7-17(16)24/h4-7,14H,3,8-13H2,1-2H3. The second kappa shape index (κ2) is 6.40. The van der Waals surface area contributed by atoms with E-state index in [1.54, 1.807) is 0 Å². The van der Waals surface area contributed by atoms with E-state index in [1.807, 2.05) is 0 Å². The van der Waals surface area contributed by atoms with Gasteiger partial charge in [0.15, 0.2) is 0 Å². The van der Waals surface area contributed by atoms with Crippen LogP contribution in [0.4, 0.5) is 17.5 Å². The van der Waals surface area contributed by atoms with Crippen LogP contribution in [0.25, 0.3) is 0 Å². The molecule has 2 aliphatic heterocycles. The second-order valence-electron chi connectivity index (χ2n) is 6.62. The van der Waals surface area contributed by atoms with Crippen LogP contribution in [0.5, 0.6) is 0 Å². The SMILES string of the molecule is CCN1CCN(c2nc(C)cc(N3CCc4ccccc43)n2)CC1. The Morgan fingerprint density at radius 1 is 1.00 bits per heavy atom. The van der Waals surface area contributed by atoms with E-state index >= 15 is 0 Å². The average Bonchev–Trinajstić information content (AvgIpc) is 3.05. The zero-order valence-electron chi connectivity index (χ0n) is 14.6. The fraction of sp³-hybridized carbons (Fsp3) is 0.474. The number of rotatable bonds is 3. The predicted octanol–water partition coefficient (Wildman–Crippen LogP) is 2.62. The third-order valence-corrected chi connectivity index (χ3v) is 5.09. The van der Waals surface area contributed by atoms with E-state index in [9.17, 15) is 0 Å². The third-order valence-electron chi connectivity index (χ3n) is 5.09. The number of para-hydroxylation sites is 1. The summed E-state index contributed by atoms with van der Waals surface area (Å²) in [5, 5.41) is 0. The van der Waals surface area contributed by atoms with Crippen LogP contribution in [0, 0.1) is 6.92 Å². The van der Waals surface area contributed by atoms with Crippen molar-refractivity contribution in [2.75, 3.05) is 49.1 Å². The minimum absolute atomic E-state index is 0.880. The third kappa shape index (κ3) is 2.84. The van der Waals surface area contributed by atoms with Crippen LogP contribution < -0.4 is 9.80 Å². The fourth-order valence-corrected chi connectivity index (χ4v) is 3.66. The zero-order chi connectivity index (χ0) is 16.5. The number of benzene rings is 1. The van der Waals surface area contributed by atoms with Gasteiger partial charge in [-0.2, -0.15) is 4.98 Å². The van der Waals surface area contributed by atoms with Gasteiger partial charge in [-0.1, -0.05) is 25.1 Å². The molecule has 0 unspecified atom stereocenters. The smallest absolute Gasteiger partial charge is 0.227 e. The number of piperazine rings is 1. The van der Waals surface area contributed by atoms with Crippen LogP contribution in [-0.2, 0) is 6.42 Å². The van der Waals surface area contributed by atoms with Gasteiger partial charge in [0.1, 0.15) is 5.82 Å². The molecule has 5 heteroatoms. The van der Waals surface area contributed by atoms with Gasteiger partial charge in [0.2, 0.25) is 5.95 Å². The number of anilines is 3. The Morgan fingerprint density at radius 3 is 2.58 bits per heavy atom. The van der Waals surface area contributed by atoms with Gasteiger partial charge in [-0.25, -0.2) is 4.98 Å². The number of aromatic nitrogens is 2. The maximum atomic E-state index is 4.91. The van der Waals surface area contributed by atoms with Gasteiger partial charge in [0.25, 0.3) is 0 Å². The summed E-state index contributed by atoms with van der Waals surface area (Å²) in [6, 6.07) is 10.7. The van der Waals surface area contributed by atoms with Crippen LogP contribution in [0.15, 0.2) is 30.3 Å². The van der Waals surface area contributed by atoms with Crippen LogP contribution >= 0.6 is 0 Å². The molecule has 24 heavy (non-hydrogen) atoms. The van der Waals surface area contributed by atoms with Crippen LogP contribution in [0.3, 0.4) is 0 Å². The van der Waals surface area contributed by atoms with Gasteiger partial charge in [0.05, 0.1) is 0 Å². The van der Waals surface area contributed by atoms with E-state index in [2.05, 4.69) is 58.9 Å². The molecule has 0 N–H and O–H groups in total. The van der Waals surface area contributed by atoms with Crippen molar-refractivity contribution in [3.05, 3.63) is 41.6 Å². The topological polar surface area (TPSA) is 35.5 Å². The van der Waals surface area contributed by atoms with Crippen LogP contribution in [0.1, 0.15) is 18.2 Å². The van der Waals surface area contributed by atoms with Crippen molar-refractivity contribution in [2.24, 2.45) is 0 Å². The molecule has 0 spiro atoms. The number of hydrogen-bond acceptors (Lipinski definition) is 5. The van der Waals surface area contributed by atoms with Gasteiger partial charge >= 0.3 is 0 Å². The first-order valence-electron chi connectivity index (χ1n) is 8.93. The van der Waals surface area contributed by atoms with Gasteiger partial charge in [-0.3, -0.25) is 0 Å². The summed E-state index contributed by atoms with van der Waals surface area (Å²) >= 11 is 0. The Labute approximate surface area is 143 Å². The number of fused-ring (bicyclic) bond motifs is 1. The summed E-state index contributed by atoms with van der Waals surface area (Å²) in [6.45, 7) is 10.6. The summed E-state index contributed by atoms with van der Waals surface area (Å²) < 4.78 is 0. The molecular weight excluding hydrogens is 298 g/mol. The molecule has 0 amide bonds. The maximum absolute atomic E-state index is 4.91. The zero-order valence-corrected chi connectivity index (χ0v) is 14.6. The van der Waals surface area contributed by atoms with Gasteiger partial charge < -0.3 is 14.7 Å². The molecule has 1 aromatic heterocycles. The van der Waals surface area contributed by atoms with Crippen molar-refractivity contribution in [2.45, 2.75) is 20.3 Å². The molecule has 0 bridgehead atoms. The highest BCUT2D eigenvalue weighted by Crippen LogP contribution is 2.34. The molecule has 0 aliphatic carbocycles. The lowest BCUT2D eigenvalue weighted by molar-refractivity contribution is 0.270. The number of likely N-dealkylation sites (N-methyl/N-ethyl adjacent to an activating group) is 1. The summed E-state index contributed by atoms with van der Waals surface area (Å²) in [7, 11) is 0. The molecule has 4 rings (SSSR count). The monoisotopic (exact) mass is 323 g/mol. The molecule has 2 aromatic rings. The molecule has 0 saturated carbocycles. The van der Waals surface area contributed by atoms with E-state index < -0.39 is 0 Å². The van der Waals surface area contributed by atoms with Crippen molar-refractivity contribution in [3.63, 3.8) is 0 Å². The molecular formula is C19H25N5. The predicted molar refractivity (Wildman–Crippen MR) is 98.2 cm³/mol. The first-order valence-corrected chi connectivity index (χ1v) is 8.93. The summed E-state index contributed by atoms with van der Waals surface area (Å²) in [6.07, 6.45) is 1.09. The van der Waals surface area contributed by atoms with E-state index in [4.69, 9.17) is 9.97 Å². The minimum atomic E-state index is 0.880. The first kappa shape index (κ1) is 15.4. The number of nitrogens with zero attached hydrogens (tertiary/aromatic N) is 5. The second-order valence-corrected chi connectivity index (χ2v) is 6.62. The van der Waals surface area contributed by atoms with Crippen molar-refractivity contribution in [3.8, 4) is 0 Å². The van der Waals surface area contributed by atoms with E-state index in [1.165, 1.54) is 11.3 Å². The Kier molecular flexibility index (Phi) is 4.10. The van der Waals surface area contributed by atoms with Gasteiger partial charge in [0, 0.05) is 50.2 Å². The normalized spacial score (nSPS) is 18.1. The molecule has 0 atom stereocenters. The first-order chi connectivity index (χ1) is 11.7. The maximum Gasteiger partial charge on any atom is 0.227 e. The van der Waals surface area contributed by atoms with Gasteiger partial charge in [-0.15, -0.1) is 0 Å². The molecule has 1 saturated heterocycles. The Hall–Kier alpha value is -2.14. The Morgan fingerprint density at radius 2 is 1.79 bits per heavy atom. The fourth-order valence-electron chi connectivity index (χ4n) is 3.66. The average molecular weight is 323 g/mol. The molecule has 3 heterocycles. The molecule has 1 aromatic carbocycles. The van der Waals surface area contributed by atoms with Crippen molar-refractivity contribution >= 4 is 17.5 Å². The Balaban J connectivity index is 1.61. The molecule has 0 radical (unpaired) electrons. The van der Waals surface area contributed by atoms with Crippen molar-refractivity contribution in [1.82, 2.24) is 14.9 Å². The lowest BCUT2D eigenvalue weighted by Crippen LogP contribution is -2.46. The quantitative estimate of drug-likeness (QED) is 0.868. The van der Waals surface area contributed by atoms with Crippen LogP contribution in [-0.4, -0.2) is 54.1 Å². The largest absolute Gasteiger partial charge is 0.338 e. The highest BCUT2D eigenvalue weighted by molar-refractivity contribution is 5.68. The molecule has 5 nitrogen and oxygen atoms in total. The highest BCUT2D eigenvalue weighted by Gasteiger charge is 2.23. The van der Waals surface area contributed by atoms with E-state index in [-0.39, 0.29) is 0 Å². The lowest BCUT2D eigenvalue weighted by atomic mass is 10.2. The molecule has 126 valence electrons. The van der Waals surface area contributed by atoms with E-state index in [0.29, 0.717) is 0 Å². The summed E-state index contributed by atoms with van der Waals surface area (Å²) in [4.78, 5) is 16.7. The van der Waals surface area contributed by atoms with Crippen molar-refractivity contribution in [1.29, 1.82) is 0 Å².